The van der Waals surface area contributed by atoms with Crippen LogP contribution in [0.3, 0.4) is 0 Å². The van der Waals surface area contributed by atoms with Crippen molar-refractivity contribution in [2.45, 2.75) is 0 Å². The highest BCUT2D eigenvalue weighted by Gasteiger charge is 2.16. The number of methoxy groups -OCH3 is 1. The third-order valence-electron chi connectivity index (χ3n) is 1.71. The molecule has 0 bridgehead atoms. The van der Waals surface area contributed by atoms with Gasteiger partial charge in [0.1, 0.15) is 22.8 Å². The highest BCUT2D eigenvalue weighted by Crippen LogP contribution is 2.32. The van der Waals surface area contributed by atoms with Gasteiger partial charge in [0.05, 0.1) is 12.4 Å². The zero-order valence-electron chi connectivity index (χ0n) is 7.45. The number of carbonyl (C=O) groups is 1. The lowest BCUT2D eigenvalue weighted by Crippen LogP contribution is -2.01. The standard InChI is InChI=1S/C9H9BrO4/c1-14-5-2-6(11)9(7(12)3-5)8(13)4-10/h2-3,11-12H,4H2,1H3. The van der Waals surface area contributed by atoms with Gasteiger partial charge in [-0.05, 0) is 0 Å². The van der Waals surface area contributed by atoms with Crippen molar-refractivity contribution in [3.63, 3.8) is 0 Å². The van der Waals surface area contributed by atoms with Gasteiger partial charge >= 0.3 is 0 Å². The summed E-state index contributed by atoms with van der Waals surface area (Å²) in [6.07, 6.45) is 0. The van der Waals surface area contributed by atoms with Crippen LogP contribution in [-0.2, 0) is 0 Å². The average Bonchev–Trinajstić information content (AvgIpc) is 2.16. The molecule has 0 aliphatic rings. The number of rotatable bonds is 3. The number of phenols is 2. The van der Waals surface area contributed by atoms with Crippen LogP contribution in [0.1, 0.15) is 10.4 Å². The van der Waals surface area contributed by atoms with Crippen molar-refractivity contribution in [3.8, 4) is 17.2 Å². The lowest BCUT2D eigenvalue weighted by molar-refractivity contribution is 0.101. The first kappa shape index (κ1) is 10.8. The summed E-state index contributed by atoms with van der Waals surface area (Å²) in [5, 5.41) is 18.9. The smallest absolute Gasteiger partial charge is 0.180 e. The second-order valence-corrected chi connectivity index (χ2v) is 3.16. The molecule has 0 amide bonds. The first-order chi connectivity index (χ1) is 6.60. The van der Waals surface area contributed by atoms with Crippen molar-refractivity contribution in [2.24, 2.45) is 0 Å². The number of alkyl halides is 1. The molecule has 4 nitrogen and oxygen atoms in total. The molecule has 2 N–H and O–H groups in total. The zero-order valence-corrected chi connectivity index (χ0v) is 9.04. The summed E-state index contributed by atoms with van der Waals surface area (Å²) in [4.78, 5) is 11.2. The number of hydrogen-bond donors (Lipinski definition) is 2. The number of phenolic OH excluding ortho intramolecular Hbond substituents is 2. The minimum Gasteiger partial charge on any atom is -0.507 e. The van der Waals surface area contributed by atoms with Gasteiger partial charge in [-0.2, -0.15) is 0 Å². The van der Waals surface area contributed by atoms with Gasteiger partial charge in [0.15, 0.2) is 5.78 Å². The SMILES string of the molecule is COc1cc(O)c(C(=O)CBr)c(O)c1. The fourth-order valence-corrected chi connectivity index (χ4v) is 1.34. The summed E-state index contributed by atoms with van der Waals surface area (Å²) in [7, 11) is 1.40. The first-order valence-corrected chi connectivity index (χ1v) is 4.91. The van der Waals surface area contributed by atoms with Gasteiger partial charge in [-0.3, -0.25) is 4.79 Å². The molecule has 0 spiro atoms. The Labute approximate surface area is 89.3 Å². The molecule has 0 aliphatic heterocycles. The molecule has 1 aromatic rings. The predicted octanol–water partition coefficient (Wildman–Crippen LogP) is 1.68. The number of benzene rings is 1. The third kappa shape index (κ3) is 1.98. The summed E-state index contributed by atoms with van der Waals surface area (Å²) >= 11 is 2.95. The Hall–Kier alpha value is -1.23. The Bertz CT molecular complexity index is 339. The normalized spacial score (nSPS) is 9.86. The molecule has 76 valence electrons. The summed E-state index contributed by atoms with van der Waals surface area (Å²) in [6.45, 7) is 0. The van der Waals surface area contributed by atoms with E-state index in [1.807, 2.05) is 0 Å². The van der Waals surface area contributed by atoms with E-state index >= 15 is 0 Å². The maximum atomic E-state index is 11.2. The number of Topliss-reactive ketones (excluding diaryl/α,β-unsaturated/α-hetero) is 1. The molecule has 5 heteroatoms. The summed E-state index contributed by atoms with van der Waals surface area (Å²) in [5.74, 6) is -0.661. The van der Waals surface area contributed by atoms with Gasteiger partial charge in [0.2, 0.25) is 0 Å². The Morgan fingerprint density at radius 2 is 1.93 bits per heavy atom. The molecule has 1 aromatic carbocycles. The number of carbonyl (C=O) groups excluding carboxylic acids is 1. The van der Waals surface area contributed by atoms with Crippen LogP contribution in [0.5, 0.6) is 17.2 Å². The van der Waals surface area contributed by atoms with Gasteiger partial charge in [-0.25, -0.2) is 0 Å². The Kier molecular flexibility index (Phi) is 3.35. The quantitative estimate of drug-likeness (QED) is 0.641. The van der Waals surface area contributed by atoms with Crippen LogP contribution in [0.4, 0.5) is 0 Å². The highest BCUT2D eigenvalue weighted by atomic mass is 79.9. The third-order valence-corrected chi connectivity index (χ3v) is 2.22. The van der Waals surface area contributed by atoms with Crippen molar-refractivity contribution in [1.82, 2.24) is 0 Å². The van der Waals surface area contributed by atoms with Gasteiger partial charge in [0.25, 0.3) is 0 Å². The molecule has 1 rings (SSSR count). The molecule has 0 radical (unpaired) electrons. The van der Waals surface area contributed by atoms with E-state index in [0.717, 1.165) is 0 Å². The average molecular weight is 261 g/mol. The molecule has 14 heavy (non-hydrogen) atoms. The van der Waals surface area contributed by atoms with E-state index in [1.165, 1.54) is 19.2 Å². The van der Waals surface area contributed by atoms with Crippen LogP contribution in [0, 0.1) is 0 Å². The molecule has 0 aliphatic carbocycles. The molecular formula is C9H9BrO4. The van der Waals surface area contributed by atoms with Crippen LogP contribution in [0.25, 0.3) is 0 Å². The highest BCUT2D eigenvalue weighted by molar-refractivity contribution is 9.09. The second-order valence-electron chi connectivity index (χ2n) is 2.60. The lowest BCUT2D eigenvalue weighted by atomic mass is 10.1. The van der Waals surface area contributed by atoms with Gasteiger partial charge < -0.3 is 14.9 Å². The summed E-state index contributed by atoms with van der Waals surface area (Å²) in [5.41, 5.74) is -0.0947. The fraction of sp³-hybridized carbons (Fsp3) is 0.222. The van der Waals surface area contributed by atoms with Crippen molar-refractivity contribution < 1.29 is 19.7 Å². The summed E-state index contributed by atoms with van der Waals surface area (Å²) in [6, 6.07) is 2.55. The van der Waals surface area contributed by atoms with E-state index in [9.17, 15) is 15.0 Å². The van der Waals surface area contributed by atoms with E-state index in [0.29, 0.717) is 5.75 Å². The monoisotopic (exact) mass is 260 g/mol. The van der Waals surface area contributed by atoms with E-state index in [1.54, 1.807) is 0 Å². The second kappa shape index (κ2) is 4.32. The van der Waals surface area contributed by atoms with Crippen LogP contribution in [-0.4, -0.2) is 28.4 Å². The summed E-state index contributed by atoms with van der Waals surface area (Å²) < 4.78 is 4.80. The van der Waals surface area contributed by atoms with Crippen molar-refractivity contribution >= 4 is 21.7 Å². The number of ketones is 1. The number of hydrogen-bond acceptors (Lipinski definition) is 4. The molecule has 0 fully saturated rings. The van der Waals surface area contributed by atoms with Crippen molar-refractivity contribution in [2.75, 3.05) is 12.4 Å². The largest absolute Gasteiger partial charge is 0.507 e. The van der Waals surface area contributed by atoms with Gasteiger partial charge in [-0.15, -0.1) is 0 Å². The van der Waals surface area contributed by atoms with Crippen LogP contribution >= 0.6 is 15.9 Å². The van der Waals surface area contributed by atoms with Gasteiger partial charge in [0, 0.05) is 12.1 Å². The zero-order chi connectivity index (χ0) is 10.7. The van der Waals surface area contributed by atoms with E-state index < -0.39 is 0 Å². The Balaban J connectivity index is 3.25. The molecule has 0 saturated heterocycles. The van der Waals surface area contributed by atoms with E-state index in [-0.39, 0.29) is 28.2 Å². The predicted molar refractivity (Wildman–Crippen MR) is 54.4 cm³/mol. The Morgan fingerprint density at radius 3 is 2.29 bits per heavy atom. The number of ether oxygens (including phenoxy) is 1. The molecule has 0 atom stereocenters. The molecule has 0 aromatic heterocycles. The van der Waals surface area contributed by atoms with Crippen molar-refractivity contribution in [3.05, 3.63) is 17.7 Å². The number of aromatic hydroxyl groups is 2. The number of halogens is 1. The van der Waals surface area contributed by atoms with Crippen LogP contribution < -0.4 is 4.74 Å². The molecule has 0 heterocycles. The first-order valence-electron chi connectivity index (χ1n) is 3.79. The topological polar surface area (TPSA) is 66.8 Å². The van der Waals surface area contributed by atoms with E-state index in [2.05, 4.69) is 15.9 Å². The maximum absolute atomic E-state index is 11.2. The van der Waals surface area contributed by atoms with Crippen molar-refractivity contribution in [1.29, 1.82) is 0 Å². The minimum absolute atomic E-state index is 0.0421. The lowest BCUT2D eigenvalue weighted by Gasteiger charge is -2.07. The Morgan fingerprint density at radius 1 is 1.43 bits per heavy atom. The van der Waals surface area contributed by atoms with Crippen LogP contribution in [0.2, 0.25) is 0 Å². The fourth-order valence-electron chi connectivity index (χ4n) is 1.06. The maximum Gasteiger partial charge on any atom is 0.180 e. The molecule has 0 unspecified atom stereocenters. The van der Waals surface area contributed by atoms with Gasteiger partial charge in [-0.1, -0.05) is 15.9 Å². The van der Waals surface area contributed by atoms with Crippen LogP contribution in [0.15, 0.2) is 12.1 Å². The molecule has 0 saturated carbocycles. The minimum atomic E-state index is -0.386. The van der Waals surface area contributed by atoms with E-state index in [4.69, 9.17) is 4.74 Å². The molecular weight excluding hydrogens is 252 g/mol.